The molecule has 1 atom stereocenters. The molecule has 1 unspecified atom stereocenters. The zero-order valence-electron chi connectivity index (χ0n) is 16.4. The summed E-state index contributed by atoms with van der Waals surface area (Å²) in [6.07, 6.45) is 0. The molecule has 31 heavy (non-hydrogen) atoms. The number of nitrogens with one attached hydrogen (secondary N) is 1. The van der Waals surface area contributed by atoms with Crippen LogP contribution in [-0.2, 0) is 0 Å². The highest BCUT2D eigenvalue weighted by molar-refractivity contribution is 6.33. The summed E-state index contributed by atoms with van der Waals surface area (Å²) >= 11 is 6.29. The van der Waals surface area contributed by atoms with Gasteiger partial charge < -0.3 is 15.2 Å². The average Bonchev–Trinajstić information content (AvgIpc) is 2.79. The fraction of sp³-hybridized carbons (Fsp3) is 0.0385. The van der Waals surface area contributed by atoms with Crippen molar-refractivity contribution in [1.29, 1.82) is 0 Å². The highest BCUT2D eigenvalue weighted by Crippen LogP contribution is 2.48. The molecule has 0 bridgehead atoms. The molecule has 4 nitrogen and oxygen atoms in total. The smallest absolute Gasteiger partial charge is 0.335 e. The van der Waals surface area contributed by atoms with E-state index >= 15 is 0 Å². The van der Waals surface area contributed by atoms with Gasteiger partial charge in [0.2, 0.25) is 0 Å². The summed E-state index contributed by atoms with van der Waals surface area (Å²) in [5, 5.41) is 13.7. The molecule has 4 aromatic rings. The SMILES string of the molecule is O=C(O)c1ccccc1C1c2ccccc2Oc2cc(Nc3ccccc3Cl)ccc21. The van der Waals surface area contributed by atoms with Gasteiger partial charge in [0.05, 0.1) is 16.3 Å². The lowest BCUT2D eigenvalue weighted by Gasteiger charge is -2.30. The zero-order valence-corrected chi connectivity index (χ0v) is 17.1. The topological polar surface area (TPSA) is 58.6 Å². The number of carboxylic acids is 1. The zero-order chi connectivity index (χ0) is 21.4. The lowest BCUT2D eigenvalue weighted by Crippen LogP contribution is -2.15. The highest BCUT2D eigenvalue weighted by Gasteiger charge is 2.31. The second-order valence-corrected chi connectivity index (χ2v) is 7.73. The first-order chi connectivity index (χ1) is 15.1. The molecule has 152 valence electrons. The first-order valence-electron chi connectivity index (χ1n) is 9.86. The fourth-order valence-corrected chi connectivity index (χ4v) is 4.22. The van der Waals surface area contributed by atoms with Crippen LogP contribution in [0.5, 0.6) is 11.5 Å². The quantitative estimate of drug-likeness (QED) is 0.322. The van der Waals surface area contributed by atoms with Crippen molar-refractivity contribution >= 4 is 28.9 Å². The number of halogens is 1. The Morgan fingerprint density at radius 3 is 2.29 bits per heavy atom. The number of benzene rings is 4. The second-order valence-electron chi connectivity index (χ2n) is 7.32. The molecule has 4 aromatic carbocycles. The molecule has 0 saturated carbocycles. The number of para-hydroxylation sites is 2. The van der Waals surface area contributed by atoms with E-state index in [-0.39, 0.29) is 11.5 Å². The molecule has 0 aromatic heterocycles. The van der Waals surface area contributed by atoms with Crippen LogP contribution in [0.3, 0.4) is 0 Å². The van der Waals surface area contributed by atoms with Gasteiger partial charge >= 0.3 is 5.97 Å². The minimum absolute atomic E-state index is 0.249. The van der Waals surface area contributed by atoms with Crippen molar-refractivity contribution in [3.63, 3.8) is 0 Å². The van der Waals surface area contributed by atoms with E-state index in [1.807, 2.05) is 78.9 Å². The van der Waals surface area contributed by atoms with Crippen molar-refractivity contribution in [1.82, 2.24) is 0 Å². The molecule has 0 aliphatic carbocycles. The van der Waals surface area contributed by atoms with Gasteiger partial charge in [-0.15, -0.1) is 0 Å². The Hall–Kier alpha value is -3.76. The largest absolute Gasteiger partial charge is 0.478 e. The maximum Gasteiger partial charge on any atom is 0.335 e. The summed E-state index contributed by atoms with van der Waals surface area (Å²) in [4.78, 5) is 11.9. The number of rotatable bonds is 4. The average molecular weight is 428 g/mol. The molecule has 0 radical (unpaired) electrons. The molecule has 2 N–H and O–H groups in total. The Morgan fingerprint density at radius 1 is 0.806 bits per heavy atom. The van der Waals surface area contributed by atoms with Crippen molar-refractivity contribution in [3.05, 3.63) is 118 Å². The van der Waals surface area contributed by atoms with Crippen LogP contribution < -0.4 is 10.1 Å². The van der Waals surface area contributed by atoms with E-state index in [0.29, 0.717) is 10.8 Å². The Bertz CT molecular complexity index is 1300. The van der Waals surface area contributed by atoms with Gasteiger partial charge in [0.15, 0.2) is 0 Å². The van der Waals surface area contributed by atoms with E-state index in [1.54, 1.807) is 12.1 Å². The van der Waals surface area contributed by atoms with Gasteiger partial charge in [-0.3, -0.25) is 0 Å². The minimum Gasteiger partial charge on any atom is -0.478 e. The monoisotopic (exact) mass is 427 g/mol. The van der Waals surface area contributed by atoms with Crippen molar-refractivity contribution in [2.24, 2.45) is 0 Å². The van der Waals surface area contributed by atoms with E-state index in [2.05, 4.69) is 5.32 Å². The highest BCUT2D eigenvalue weighted by atomic mass is 35.5. The van der Waals surface area contributed by atoms with Gasteiger partial charge in [-0.2, -0.15) is 0 Å². The van der Waals surface area contributed by atoms with Crippen molar-refractivity contribution < 1.29 is 14.6 Å². The van der Waals surface area contributed by atoms with Crippen molar-refractivity contribution in [3.8, 4) is 11.5 Å². The number of carboxylic acid groups (broad SMARTS) is 1. The molecule has 0 amide bonds. The number of carbonyl (C=O) groups is 1. The van der Waals surface area contributed by atoms with E-state index < -0.39 is 5.97 Å². The molecular formula is C26H18ClNO3. The van der Waals surface area contributed by atoms with Gasteiger partial charge in [0.1, 0.15) is 11.5 Å². The van der Waals surface area contributed by atoms with Crippen LogP contribution in [-0.4, -0.2) is 11.1 Å². The fourth-order valence-electron chi connectivity index (χ4n) is 4.03. The molecule has 0 saturated heterocycles. The molecule has 1 aliphatic rings. The maximum atomic E-state index is 11.9. The number of fused-ring (bicyclic) bond motifs is 2. The predicted octanol–water partition coefficient (Wildman–Crippen LogP) is 7.07. The molecule has 5 rings (SSSR count). The predicted molar refractivity (Wildman–Crippen MR) is 122 cm³/mol. The van der Waals surface area contributed by atoms with E-state index in [0.717, 1.165) is 33.8 Å². The van der Waals surface area contributed by atoms with Gasteiger partial charge in [0, 0.05) is 28.8 Å². The summed E-state index contributed by atoms with van der Waals surface area (Å²) in [6, 6.07) is 28.3. The third kappa shape index (κ3) is 3.51. The van der Waals surface area contributed by atoms with Crippen LogP contribution in [0.1, 0.15) is 33.0 Å². The summed E-state index contributed by atoms with van der Waals surface area (Å²) < 4.78 is 6.22. The Labute approximate surface area is 184 Å². The lowest BCUT2D eigenvalue weighted by molar-refractivity contribution is 0.0695. The number of anilines is 2. The van der Waals surface area contributed by atoms with Gasteiger partial charge in [-0.1, -0.05) is 66.2 Å². The minimum atomic E-state index is -0.946. The Morgan fingerprint density at radius 2 is 1.48 bits per heavy atom. The van der Waals surface area contributed by atoms with Crippen molar-refractivity contribution in [2.45, 2.75) is 5.92 Å². The summed E-state index contributed by atoms with van der Waals surface area (Å²) in [6.45, 7) is 0. The van der Waals surface area contributed by atoms with Crippen molar-refractivity contribution in [2.75, 3.05) is 5.32 Å². The molecule has 0 spiro atoms. The van der Waals surface area contributed by atoms with Crippen LogP contribution >= 0.6 is 11.6 Å². The van der Waals surface area contributed by atoms with Crippen LogP contribution in [0, 0.1) is 0 Å². The molecule has 5 heteroatoms. The first kappa shape index (κ1) is 19.2. The maximum absolute atomic E-state index is 11.9. The molecule has 1 aliphatic heterocycles. The van der Waals surface area contributed by atoms with Gasteiger partial charge in [-0.25, -0.2) is 4.79 Å². The van der Waals surface area contributed by atoms with Crippen LogP contribution in [0.25, 0.3) is 0 Å². The van der Waals surface area contributed by atoms with E-state index in [4.69, 9.17) is 16.3 Å². The number of hydrogen-bond acceptors (Lipinski definition) is 3. The third-order valence-electron chi connectivity index (χ3n) is 5.43. The van der Waals surface area contributed by atoms with Gasteiger partial charge in [-0.05, 0) is 35.9 Å². The summed E-state index contributed by atoms with van der Waals surface area (Å²) in [5.41, 5.74) is 4.50. The Kier molecular flexibility index (Phi) is 4.85. The lowest BCUT2D eigenvalue weighted by atomic mass is 9.80. The normalized spacial score (nSPS) is 14.2. The van der Waals surface area contributed by atoms with Crippen LogP contribution in [0.2, 0.25) is 5.02 Å². The first-order valence-corrected chi connectivity index (χ1v) is 10.2. The third-order valence-corrected chi connectivity index (χ3v) is 5.76. The van der Waals surface area contributed by atoms with E-state index in [1.165, 1.54) is 0 Å². The molecule has 0 fully saturated rings. The van der Waals surface area contributed by atoms with Crippen LogP contribution in [0.4, 0.5) is 11.4 Å². The number of ether oxygens (including phenoxy) is 1. The number of hydrogen-bond donors (Lipinski definition) is 2. The van der Waals surface area contributed by atoms with Gasteiger partial charge in [0.25, 0.3) is 0 Å². The summed E-state index contributed by atoms with van der Waals surface area (Å²) in [7, 11) is 0. The molecular weight excluding hydrogens is 410 g/mol. The second kappa shape index (κ2) is 7.82. The Balaban J connectivity index is 1.63. The van der Waals surface area contributed by atoms with E-state index in [9.17, 15) is 9.90 Å². The standard InChI is InChI=1S/C26H18ClNO3/c27-21-10-4-5-11-22(21)28-16-13-14-20-24(15-16)31-23-12-6-3-9-19(23)25(20)17-7-1-2-8-18(17)26(29)30/h1-15,25,28H,(H,29,30). The molecule has 1 heterocycles. The van der Waals surface area contributed by atoms with Crippen LogP contribution in [0.15, 0.2) is 91.0 Å². The number of aromatic carboxylic acids is 1. The summed E-state index contributed by atoms with van der Waals surface area (Å²) in [5.74, 6) is 0.204.